The van der Waals surface area contributed by atoms with Crippen LogP contribution in [0.3, 0.4) is 0 Å². The average molecular weight is 513 g/mol. The zero-order valence-corrected chi connectivity index (χ0v) is 21.4. The van der Waals surface area contributed by atoms with Gasteiger partial charge in [0.05, 0.1) is 0 Å². The molecule has 0 fully saturated rings. The van der Waals surface area contributed by atoms with Gasteiger partial charge in [-0.2, -0.15) is 0 Å². The zero-order valence-electron chi connectivity index (χ0n) is 21.4. The molecule has 0 aliphatic carbocycles. The summed E-state index contributed by atoms with van der Waals surface area (Å²) in [6, 6.07) is 19.3. The van der Waals surface area contributed by atoms with Crippen molar-refractivity contribution in [3.8, 4) is 11.5 Å². The molecule has 0 spiro atoms. The summed E-state index contributed by atoms with van der Waals surface area (Å²) in [4.78, 5) is 22.9. The van der Waals surface area contributed by atoms with Crippen LogP contribution < -0.4 is 9.47 Å². The Labute approximate surface area is 222 Å². The molecule has 0 saturated heterocycles. The van der Waals surface area contributed by atoms with Crippen molar-refractivity contribution in [2.45, 2.75) is 13.8 Å². The van der Waals surface area contributed by atoms with Crippen molar-refractivity contribution in [1.29, 1.82) is 0 Å². The summed E-state index contributed by atoms with van der Waals surface area (Å²) in [6.07, 6.45) is 7.18. The number of rotatable bonds is 11. The van der Waals surface area contributed by atoms with Gasteiger partial charge in [0.1, 0.15) is 30.5 Å². The zero-order chi connectivity index (χ0) is 27.5. The van der Waals surface area contributed by atoms with Crippen molar-refractivity contribution < 1.29 is 28.2 Å². The van der Waals surface area contributed by atoms with Gasteiger partial charge in [0, 0.05) is 16.7 Å². The van der Waals surface area contributed by atoms with Crippen molar-refractivity contribution in [3.63, 3.8) is 0 Å². The van der Waals surface area contributed by atoms with Gasteiger partial charge in [0.25, 0.3) is 0 Å². The maximum Gasteiger partial charge on any atom is 0.338 e. The number of carbonyl (C=O) groups excluding carboxylic acids is 2. The second-order valence-corrected chi connectivity index (χ2v) is 8.52. The van der Waals surface area contributed by atoms with E-state index in [0.29, 0.717) is 33.8 Å². The van der Waals surface area contributed by atoms with Crippen LogP contribution in [-0.4, -0.2) is 25.2 Å². The molecule has 0 aliphatic heterocycles. The first-order chi connectivity index (χ1) is 18.2. The standard InChI is InChI=1S/C32H29FO5/c1-22(2)31(34)37-20-19-36-28-15-9-25(10-16-28)7-13-27-14-8-26(21-30(27)33)6-5-24-11-17-29(18-12-24)38-32(35)23(3)4/h5-18,21H,1,3,19-20H2,2,4H3. The Kier molecular flexibility index (Phi) is 9.94. The highest BCUT2D eigenvalue weighted by molar-refractivity contribution is 5.89. The molecule has 5 nitrogen and oxygen atoms in total. The first-order valence-corrected chi connectivity index (χ1v) is 11.9. The molecule has 3 rings (SSSR count). The van der Waals surface area contributed by atoms with Gasteiger partial charge in [-0.1, -0.05) is 73.9 Å². The van der Waals surface area contributed by atoms with Gasteiger partial charge in [-0.15, -0.1) is 0 Å². The van der Waals surface area contributed by atoms with Crippen LogP contribution in [0.2, 0.25) is 0 Å². The van der Waals surface area contributed by atoms with Crippen molar-refractivity contribution in [1.82, 2.24) is 0 Å². The molecule has 6 heteroatoms. The van der Waals surface area contributed by atoms with Gasteiger partial charge in [-0.3, -0.25) is 0 Å². The van der Waals surface area contributed by atoms with Crippen molar-refractivity contribution in [3.05, 3.63) is 119 Å². The molecule has 38 heavy (non-hydrogen) atoms. The van der Waals surface area contributed by atoms with Crippen LogP contribution in [0.4, 0.5) is 4.39 Å². The number of halogens is 1. The monoisotopic (exact) mass is 512 g/mol. The SMILES string of the molecule is C=C(C)C(=O)OCCOc1ccc(C=Cc2ccc(C=Cc3ccc(OC(=O)C(=C)C)cc3)cc2F)cc1. The lowest BCUT2D eigenvalue weighted by Gasteiger charge is -2.07. The summed E-state index contributed by atoms with van der Waals surface area (Å²) < 4.78 is 30.4. The molecule has 0 amide bonds. The van der Waals surface area contributed by atoms with Crippen molar-refractivity contribution >= 4 is 36.2 Å². The number of esters is 2. The van der Waals surface area contributed by atoms with Crippen molar-refractivity contribution in [2.24, 2.45) is 0 Å². The lowest BCUT2D eigenvalue weighted by atomic mass is 10.1. The molecule has 0 bridgehead atoms. The fraction of sp³-hybridized carbons (Fsp3) is 0.125. The van der Waals surface area contributed by atoms with Gasteiger partial charge in [-0.05, 0) is 60.9 Å². The number of hydrogen-bond donors (Lipinski definition) is 0. The predicted octanol–water partition coefficient (Wildman–Crippen LogP) is 7.15. The molecular weight excluding hydrogens is 483 g/mol. The van der Waals surface area contributed by atoms with Crippen LogP contribution in [0, 0.1) is 5.82 Å². The highest BCUT2D eigenvalue weighted by atomic mass is 19.1. The molecule has 0 heterocycles. The minimum atomic E-state index is -0.473. The minimum absolute atomic E-state index is 0.136. The molecule has 0 atom stereocenters. The van der Waals surface area contributed by atoms with Crippen LogP contribution in [0.15, 0.2) is 91.0 Å². The van der Waals surface area contributed by atoms with E-state index in [9.17, 15) is 14.0 Å². The van der Waals surface area contributed by atoms with Gasteiger partial charge < -0.3 is 14.2 Å². The summed E-state index contributed by atoms with van der Waals surface area (Å²) >= 11 is 0. The van der Waals surface area contributed by atoms with Crippen LogP contribution in [0.5, 0.6) is 11.5 Å². The van der Waals surface area contributed by atoms with E-state index < -0.39 is 11.9 Å². The van der Waals surface area contributed by atoms with Gasteiger partial charge in [-0.25, -0.2) is 14.0 Å². The lowest BCUT2D eigenvalue weighted by Crippen LogP contribution is -2.12. The van der Waals surface area contributed by atoms with E-state index in [-0.39, 0.29) is 19.0 Å². The van der Waals surface area contributed by atoms with Crippen molar-refractivity contribution in [2.75, 3.05) is 13.2 Å². The summed E-state index contributed by atoms with van der Waals surface area (Å²) in [5.41, 5.74) is 3.61. The van der Waals surface area contributed by atoms with E-state index in [4.69, 9.17) is 14.2 Å². The second kappa shape index (κ2) is 13.6. The largest absolute Gasteiger partial charge is 0.490 e. The highest BCUT2D eigenvalue weighted by Crippen LogP contribution is 2.19. The average Bonchev–Trinajstić information content (AvgIpc) is 2.90. The molecular formula is C32H29FO5. The van der Waals surface area contributed by atoms with Crippen LogP contribution in [0.1, 0.15) is 36.1 Å². The molecule has 3 aromatic carbocycles. The normalized spacial score (nSPS) is 10.9. The fourth-order valence-corrected chi connectivity index (χ4v) is 3.09. The summed E-state index contributed by atoms with van der Waals surface area (Å²) in [6.45, 7) is 10.6. The van der Waals surface area contributed by atoms with E-state index in [1.165, 1.54) is 6.07 Å². The summed E-state index contributed by atoms with van der Waals surface area (Å²) in [5.74, 6) is -0.186. The predicted molar refractivity (Wildman–Crippen MR) is 149 cm³/mol. The van der Waals surface area contributed by atoms with E-state index in [2.05, 4.69) is 13.2 Å². The Morgan fingerprint density at radius 1 is 0.711 bits per heavy atom. The van der Waals surface area contributed by atoms with E-state index in [1.54, 1.807) is 62.4 Å². The Morgan fingerprint density at radius 3 is 1.82 bits per heavy atom. The van der Waals surface area contributed by atoms with E-state index in [0.717, 1.165) is 11.1 Å². The summed E-state index contributed by atoms with van der Waals surface area (Å²) in [7, 11) is 0. The molecule has 0 aromatic heterocycles. The lowest BCUT2D eigenvalue weighted by molar-refractivity contribution is -0.139. The maximum atomic E-state index is 14.7. The molecule has 3 aromatic rings. The third kappa shape index (κ3) is 8.75. The fourth-order valence-electron chi connectivity index (χ4n) is 3.09. The molecule has 0 unspecified atom stereocenters. The summed E-state index contributed by atoms with van der Waals surface area (Å²) in [5, 5.41) is 0. The molecule has 194 valence electrons. The first-order valence-electron chi connectivity index (χ1n) is 11.9. The highest BCUT2D eigenvalue weighted by Gasteiger charge is 2.05. The van der Waals surface area contributed by atoms with Crippen LogP contribution in [0.25, 0.3) is 24.3 Å². The molecule has 0 radical (unpaired) electrons. The van der Waals surface area contributed by atoms with E-state index in [1.807, 2.05) is 36.4 Å². The number of benzene rings is 3. The Bertz CT molecular complexity index is 1370. The number of ether oxygens (including phenoxy) is 3. The third-order valence-electron chi connectivity index (χ3n) is 5.20. The van der Waals surface area contributed by atoms with Crippen LogP contribution in [-0.2, 0) is 14.3 Å². The Morgan fingerprint density at radius 2 is 1.24 bits per heavy atom. The molecule has 0 N–H and O–H groups in total. The Balaban J connectivity index is 1.53. The van der Waals surface area contributed by atoms with Gasteiger partial charge in [0.15, 0.2) is 0 Å². The van der Waals surface area contributed by atoms with Gasteiger partial charge in [0.2, 0.25) is 0 Å². The molecule has 0 saturated carbocycles. The second-order valence-electron chi connectivity index (χ2n) is 8.52. The quantitative estimate of drug-likeness (QED) is 0.0898. The third-order valence-corrected chi connectivity index (χ3v) is 5.20. The smallest absolute Gasteiger partial charge is 0.338 e. The van der Waals surface area contributed by atoms with Crippen LogP contribution >= 0.6 is 0 Å². The maximum absolute atomic E-state index is 14.7. The van der Waals surface area contributed by atoms with E-state index >= 15 is 0 Å². The Hall–Kier alpha value is -4.71. The number of hydrogen-bond acceptors (Lipinski definition) is 5. The minimum Gasteiger partial charge on any atom is -0.490 e. The first kappa shape index (κ1) is 27.9. The molecule has 0 aliphatic rings. The number of carbonyl (C=O) groups is 2. The topological polar surface area (TPSA) is 61.8 Å². The van der Waals surface area contributed by atoms with Gasteiger partial charge >= 0.3 is 11.9 Å².